The fraction of sp³-hybridized carbons (Fsp3) is 0.364. The van der Waals surface area contributed by atoms with Gasteiger partial charge in [0.2, 0.25) is 0 Å². The van der Waals surface area contributed by atoms with E-state index in [2.05, 4.69) is 4.98 Å². The van der Waals surface area contributed by atoms with Gasteiger partial charge in [0.05, 0.1) is 5.69 Å². The van der Waals surface area contributed by atoms with Crippen LogP contribution in [0.2, 0.25) is 0 Å². The quantitative estimate of drug-likeness (QED) is 0.561. The molecule has 0 spiro atoms. The number of ether oxygens (including phenoxy) is 1. The molecule has 0 unspecified atom stereocenters. The number of pyridine rings is 1. The van der Waals surface area contributed by atoms with E-state index in [9.17, 15) is 9.59 Å². The molecule has 80 valence electrons. The number of rotatable bonds is 3. The molecule has 1 aromatic rings. The number of esters is 1. The largest absolute Gasteiger partial charge is 0.456 e. The molecule has 0 N–H and O–H groups in total. The van der Waals surface area contributed by atoms with Gasteiger partial charge in [-0.1, -0.05) is 6.07 Å². The molecular weight excluding hydrogens is 194 g/mol. The normalized spacial score (nSPS) is 11.9. The van der Waals surface area contributed by atoms with Crippen molar-refractivity contribution in [3.05, 3.63) is 29.6 Å². The molecule has 0 amide bonds. The van der Waals surface area contributed by atoms with Crippen molar-refractivity contribution in [1.29, 1.82) is 0 Å². The van der Waals surface area contributed by atoms with Gasteiger partial charge in [-0.2, -0.15) is 0 Å². The monoisotopic (exact) mass is 207 g/mol. The van der Waals surface area contributed by atoms with Gasteiger partial charge < -0.3 is 4.74 Å². The van der Waals surface area contributed by atoms with Crippen molar-refractivity contribution in [3.63, 3.8) is 0 Å². The first-order valence-electron chi connectivity index (χ1n) is 4.66. The van der Waals surface area contributed by atoms with Crippen LogP contribution in [0.25, 0.3) is 0 Å². The number of hydrogen-bond donors (Lipinski definition) is 0. The summed E-state index contributed by atoms with van der Waals surface area (Å²) in [6.07, 6.45) is -0.429. The standard InChI is InChI=1S/C11H13NO3/c1-7(13)10-5-4-6-11(12-10)8(2)15-9(3)14/h4-6,8H,1-3H3/t8-/m0/s1. The molecule has 15 heavy (non-hydrogen) atoms. The molecule has 0 radical (unpaired) electrons. The Morgan fingerprint density at radius 2 is 2.00 bits per heavy atom. The van der Waals surface area contributed by atoms with E-state index in [1.165, 1.54) is 13.8 Å². The second kappa shape index (κ2) is 4.68. The molecule has 0 aliphatic rings. The van der Waals surface area contributed by atoms with E-state index in [-0.39, 0.29) is 11.8 Å². The van der Waals surface area contributed by atoms with E-state index in [4.69, 9.17) is 4.74 Å². The zero-order chi connectivity index (χ0) is 11.4. The minimum atomic E-state index is -0.429. The van der Waals surface area contributed by atoms with Gasteiger partial charge in [-0.3, -0.25) is 9.59 Å². The summed E-state index contributed by atoms with van der Waals surface area (Å²) >= 11 is 0. The number of carbonyl (C=O) groups excluding carboxylic acids is 2. The van der Waals surface area contributed by atoms with Crippen molar-refractivity contribution in [2.75, 3.05) is 0 Å². The Morgan fingerprint density at radius 1 is 1.33 bits per heavy atom. The van der Waals surface area contributed by atoms with Gasteiger partial charge in [0, 0.05) is 13.8 Å². The number of aromatic nitrogens is 1. The summed E-state index contributed by atoms with van der Waals surface area (Å²) in [6, 6.07) is 5.07. The molecule has 0 saturated carbocycles. The SMILES string of the molecule is CC(=O)O[C@@H](C)c1cccc(C(C)=O)n1. The van der Waals surface area contributed by atoms with E-state index >= 15 is 0 Å². The van der Waals surface area contributed by atoms with Crippen molar-refractivity contribution in [3.8, 4) is 0 Å². The Labute approximate surface area is 88.3 Å². The van der Waals surface area contributed by atoms with Crippen LogP contribution in [0.5, 0.6) is 0 Å². The highest BCUT2D eigenvalue weighted by atomic mass is 16.5. The fourth-order valence-electron chi connectivity index (χ4n) is 1.18. The summed E-state index contributed by atoms with van der Waals surface area (Å²) in [7, 11) is 0. The summed E-state index contributed by atoms with van der Waals surface area (Å²) in [6.45, 7) is 4.50. The molecule has 1 rings (SSSR count). The van der Waals surface area contributed by atoms with Crippen LogP contribution >= 0.6 is 0 Å². The van der Waals surface area contributed by atoms with Crippen molar-refractivity contribution in [1.82, 2.24) is 4.98 Å². The van der Waals surface area contributed by atoms with Crippen molar-refractivity contribution < 1.29 is 14.3 Å². The van der Waals surface area contributed by atoms with Crippen LogP contribution in [-0.2, 0) is 9.53 Å². The number of ketones is 1. The van der Waals surface area contributed by atoms with Crippen LogP contribution in [0.15, 0.2) is 18.2 Å². The molecule has 1 aromatic heterocycles. The number of Topliss-reactive ketones (excluding diaryl/α,β-unsaturated/α-hetero) is 1. The lowest BCUT2D eigenvalue weighted by Crippen LogP contribution is -2.08. The Hall–Kier alpha value is -1.71. The van der Waals surface area contributed by atoms with Gasteiger partial charge in [0.25, 0.3) is 0 Å². The van der Waals surface area contributed by atoms with E-state index in [1.807, 2.05) is 0 Å². The van der Waals surface area contributed by atoms with Crippen LogP contribution in [0.3, 0.4) is 0 Å². The minimum Gasteiger partial charge on any atom is -0.456 e. The molecule has 0 aromatic carbocycles. The third-order valence-electron chi connectivity index (χ3n) is 1.89. The van der Waals surface area contributed by atoms with Crippen LogP contribution in [-0.4, -0.2) is 16.7 Å². The first-order chi connectivity index (χ1) is 7.00. The van der Waals surface area contributed by atoms with Crippen LogP contribution in [0, 0.1) is 0 Å². The zero-order valence-corrected chi connectivity index (χ0v) is 8.98. The fourth-order valence-corrected chi connectivity index (χ4v) is 1.18. The summed E-state index contributed by atoms with van der Waals surface area (Å²) in [5.74, 6) is -0.468. The summed E-state index contributed by atoms with van der Waals surface area (Å²) in [5, 5.41) is 0. The molecule has 4 heteroatoms. The van der Waals surface area contributed by atoms with E-state index in [0.29, 0.717) is 11.4 Å². The average Bonchev–Trinajstić information content (AvgIpc) is 2.17. The van der Waals surface area contributed by atoms with Gasteiger partial charge in [-0.15, -0.1) is 0 Å². The second-order valence-electron chi connectivity index (χ2n) is 3.26. The zero-order valence-electron chi connectivity index (χ0n) is 8.98. The van der Waals surface area contributed by atoms with Gasteiger partial charge >= 0.3 is 5.97 Å². The van der Waals surface area contributed by atoms with E-state index < -0.39 is 6.10 Å². The molecule has 1 atom stereocenters. The molecule has 0 bridgehead atoms. The lowest BCUT2D eigenvalue weighted by Gasteiger charge is -2.11. The lowest BCUT2D eigenvalue weighted by molar-refractivity contribution is -0.145. The lowest BCUT2D eigenvalue weighted by atomic mass is 10.2. The minimum absolute atomic E-state index is 0.105. The summed E-state index contributed by atoms with van der Waals surface area (Å²) in [4.78, 5) is 25.9. The topological polar surface area (TPSA) is 56.3 Å². The second-order valence-corrected chi connectivity index (χ2v) is 3.26. The highest BCUT2D eigenvalue weighted by Crippen LogP contribution is 2.14. The van der Waals surface area contributed by atoms with Gasteiger partial charge in [-0.25, -0.2) is 4.98 Å². The van der Waals surface area contributed by atoms with Crippen molar-refractivity contribution >= 4 is 11.8 Å². The maximum atomic E-state index is 11.1. The summed E-state index contributed by atoms with van der Waals surface area (Å²) in [5.41, 5.74) is 0.962. The van der Waals surface area contributed by atoms with E-state index in [1.54, 1.807) is 25.1 Å². The Morgan fingerprint density at radius 3 is 2.53 bits per heavy atom. The smallest absolute Gasteiger partial charge is 0.303 e. The molecule has 0 saturated heterocycles. The molecule has 4 nitrogen and oxygen atoms in total. The maximum absolute atomic E-state index is 11.1. The van der Waals surface area contributed by atoms with Crippen LogP contribution < -0.4 is 0 Å². The van der Waals surface area contributed by atoms with E-state index in [0.717, 1.165) is 0 Å². The first-order valence-corrected chi connectivity index (χ1v) is 4.66. The molecule has 0 fully saturated rings. The Bertz CT molecular complexity index is 387. The molecular formula is C11H13NO3. The molecule has 1 heterocycles. The predicted molar refractivity (Wildman–Crippen MR) is 54.4 cm³/mol. The third-order valence-corrected chi connectivity index (χ3v) is 1.89. The van der Waals surface area contributed by atoms with Crippen LogP contribution in [0.1, 0.15) is 43.1 Å². The predicted octanol–water partition coefficient (Wildman–Crippen LogP) is 1.91. The first kappa shape index (κ1) is 11.4. The average molecular weight is 207 g/mol. The Balaban J connectivity index is 2.89. The molecule has 0 aliphatic carbocycles. The van der Waals surface area contributed by atoms with Gasteiger partial charge in [-0.05, 0) is 19.1 Å². The number of carbonyl (C=O) groups is 2. The highest BCUT2D eigenvalue weighted by Gasteiger charge is 2.11. The maximum Gasteiger partial charge on any atom is 0.303 e. The van der Waals surface area contributed by atoms with Crippen molar-refractivity contribution in [2.45, 2.75) is 26.9 Å². The van der Waals surface area contributed by atoms with Gasteiger partial charge in [0.15, 0.2) is 5.78 Å². The van der Waals surface area contributed by atoms with Crippen LogP contribution in [0.4, 0.5) is 0 Å². The highest BCUT2D eigenvalue weighted by molar-refractivity contribution is 5.92. The van der Waals surface area contributed by atoms with Gasteiger partial charge in [0.1, 0.15) is 11.8 Å². The summed E-state index contributed by atoms with van der Waals surface area (Å²) < 4.78 is 4.96. The third kappa shape index (κ3) is 3.16. The number of hydrogen-bond acceptors (Lipinski definition) is 4. The molecule has 0 aliphatic heterocycles. The Kier molecular flexibility index (Phi) is 3.55. The number of nitrogens with zero attached hydrogens (tertiary/aromatic N) is 1. The van der Waals surface area contributed by atoms with Crippen molar-refractivity contribution in [2.24, 2.45) is 0 Å².